The highest BCUT2D eigenvalue weighted by Gasteiger charge is 2.50. The molecule has 0 aliphatic heterocycles. The molecule has 6 unspecified atom stereocenters. The molecule has 3 aliphatic carbocycles. The molecule has 2 nitrogen and oxygen atoms in total. The lowest BCUT2D eigenvalue weighted by atomic mass is 9.61. The average molecular weight is 445 g/mol. The Morgan fingerprint density at radius 2 is 1.97 bits per heavy atom. The van der Waals surface area contributed by atoms with E-state index in [1.165, 1.54) is 31.3 Å². The van der Waals surface area contributed by atoms with Crippen LogP contribution in [-0.2, 0) is 0 Å². The van der Waals surface area contributed by atoms with E-state index in [2.05, 4.69) is 52.5 Å². The molecule has 180 valence electrons. The summed E-state index contributed by atoms with van der Waals surface area (Å²) in [5, 5.41) is 20.6. The number of alkyl halides is 1. The smallest absolute Gasteiger partial charge is 0.127 e. The topological polar surface area (TPSA) is 40.5 Å². The van der Waals surface area contributed by atoms with Gasteiger partial charge in [-0.2, -0.15) is 0 Å². The maximum atomic E-state index is 14.1. The van der Waals surface area contributed by atoms with Crippen molar-refractivity contribution in [3.63, 3.8) is 0 Å². The number of hydrogen-bond donors (Lipinski definition) is 2. The summed E-state index contributed by atoms with van der Waals surface area (Å²) in [6, 6.07) is 0. The Bertz CT molecular complexity index is 759. The van der Waals surface area contributed by atoms with Gasteiger partial charge in [0.2, 0.25) is 0 Å². The normalized spacial score (nSPS) is 37.4. The van der Waals surface area contributed by atoms with Crippen molar-refractivity contribution in [1.82, 2.24) is 0 Å². The van der Waals surface area contributed by atoms with Gasteiger partial charge in [-0.05, 0) is 92.1 Å². The summed E-state index contributed by atoms with van der Waals surface area (Å²) in [5.74, 6) is 1.74. The second-order valence-electron chi connectivity index (χ2n) is 11.0. The lowest BCUT2D eigenvalue weighted by Gasteiger charge is -2.44. The lowest BCUT2D eigenvalue weighted by molar-refractivity contribution is 0.0351. The van der Waals surface area contributed by atoms with Gasteiger partial charge in [-0.3, -0.25) is 0 Å². The van der Waals surface area contributed by atoms with Crippen molar-refractivity contribution in [1.29, 1.82) is 0 Å². The number of hydrogen-bond acceptors (Lipinski definition) is 2. The minimum atomic E-state index is -1.12. The molecule has 0 spiro atoms. The van der Waals surface area contributed by atoms with Crippen LogP contribution in [0.3, 0.4) is 0 Å². The minimum absolute atomic E-state index is 0.175. The zero-order valence-corrected chi connectivity index (χ0v) is 20.7. The summed E-state index contributed by atoms with van der Waals surface area (Å²) >= 11 is 0. The summed E-state index contributed by atoms with van der Waals surface area (Å²) in [6.45, 7) is 12.9. The van der Waals surface area contributed by atoms with Crippen LogP contribution < -0.4 is 0 Å². The van der Waals surface area contributed by atoms with Crippen molar-refractivity contribution in [2.45, 2.75) is 110 Å². The van der Waals surface area contributed by atoms with E-state index >= 15 is 0 Å². The van der Waals surface area contributed by atoms with Crippen LogP contribution in [0.5, 0.6) is 0 Å². The van der Waals surface area contributed by atoms with Gasteiger partial charge in [0.15, 0.2) is 0 Å². The van der Waals surface area contributed by atoms with E-state index in [-0.39, 0.29) is 6.42 Å². The highest BCUT2D eigenvalue weighted by molar-refractivity contribution is 5.38. The van der Waals surface area contributed by atoms with Crippen molar-refractivity contribution >= 4 is 0 Å². The molecule has 0 amide bonds. The Balaban J connectivity index is 1.72. The van der Waals surface area contributed by atoms with E-state index in [9.17, 15) is 14.6 Å². The van der Waals surface area contributed by atoms with Crippen LogP contribution >= 0.6 is 0 Å². The third kappa shape index (κ3) is 5.30. The van der Waals surface area contributed by atoms with Crippen molar-refractivity contribution in [2.24, 2.45) is 23.2 Å². The number of allylic oxidation sites excluding steroid dienone is 5. The molecule has 2 N–H and O–H groups in total. The molecule has 32 heavy (non-hydrogen) atoms. The largest absolute Gasteiger partial charge is 0.393 e. The molecule has 3 aliphatic rings. The molecule has 0 heterocycles. The van der Waals surface area contributed by atoms with E-state index < -0.39 is 17.9 Å². The Morgan fingerprint density at radius 1 is 1.25 bits per heavy atom. The fourth-order valence-electron chi connectivity index (χ4n) is 6.75. The summed E-state index contributed by atoms with van der Waals surface area (Å²) in [6.07, 6.45) is 16.2. The monoisotopic (exact) mass is 444 g/mol. The summed E-state index contributed by atoms with van der Waals surface area (Å²) in [7, 11) is 0. The van der Waals surface area contributed by atoms with Crippen LogP contribution in [0.15, 0.2) is 47.6 Å². The minimum Gasteiger partial charge on any atom is -0.393 e. The molecule has 0 radical (unpaired) electrons. The third-order valence-corrected chi connectivity index (χ3v) is 9.15. The fraction of sp³-hybridized carbons (Fsp3) is 0.724. The number of aliphatic hydroxyl groups excluding tert-OH is 1. The maximum Gasteiger partial charge on any atom is 0.127 e. The van der Waals surface area contributed by atoms with Gasteiger partial charge in [-0.1, -0.05) is 64.2 Å². The van der Waals surface area contributed by atoms with E-state index in [4.69, 9.17) is 0 Å². The number of rotatable bonds is 7. The van der Waals surface area contributed by atoms with E-state index in [0.717, 1.165) is 31.3 Å². The van der Waals surface area contributed by atoms with Gasteiger partial charge in [-0.25, -0.2) is 4.39 Å². The van der Waals surface area contributed by atoms with Crippen LogP contribution in [0.4, 0.5) is 4.39 Å². The van der Waals surface area contributed by atoms with Crippen LogP contribution in [-0.4, -0.2) is 28.1 Å². The van der Waals surface area contributed by atoms with Gasteiger partial charge in [0.05, 0.1) is 11.7 Å². The number of halogens is 1. The molecular formula is C29H45FO2. The summed E-state index contributed by atoms with van der Waals surface area (Å²) in [4.78, 5) is 0. The van der Waals surface area contributed by atoms with E-state index in [1.54, 1.807) is 0 Å². The molecule has 3 rings (SSSR count). The quantitative estimate of drug-likeness (QED) is 0.406. The Morgan fingerprint density at radius 3 is 2.66 bits per heavy atom. The Kier molecular flexibility index (Phi) is 8.25. The van der Waals surface area contributed by atoms with Gasteiger partial charge in [0.25, 0.3) is 0 Å². The first-order valence-electron chi connectivity index (χ1n) is 12.9. The molecule has 0 saturated heterocycles. The average Bonchev–Trinajstić information content (AvgIpc) is 3.12. The second-order valence-corrected chi connectivity index (χ2v) is 11.0. The molecule has 0 bridgehead atoms. The van der Waals surface area contributed by atoms with Gasteiger partial charge < -0.3 is 10.2 Å². The summed E-state index contributed by atoms with van der Waals surface area (Å²) in [5.41, 5.74) is 2.65. The standard InChI is InChI=1S/C29H45FO2/c1-6-29(32,7-2)17-8-10-20(3)25-14-15-26-22(11-9-16-28(25,26)5)12-13-23-18-24(31)19-27(30)21(23)4/h8,10,12-13,20,24-27,31-32H,4,6-7,9,11,14-19H2,1-3,5H3/b10-8+,22-12-,23-13+. The van der Waals surface area contributed by atoms with Crippen molar-refractivity contribution in [3.05, 3.63) is 47.6 Å². The molecule has 0 aromatic rings. The van der Waals surface area contributed by atoms with E-state index in [0.29, 0.717) is 35.2 Å². The van der Waals surface area contributed by atoms with Gasteiger partial charge in [0, 0.05) is 6.42 Å². The van der Waals surface area contributed by atoms with Crippen molar-refractivity contribution in [2.75, 3.05) is 0 Å². The Labute approximate surface area is 195 Å². The first-order chi connectivity index (χ1) is 15.1. The highest BCUT2D eigenvalue weighted by atomic mass is 19.1. The molecule has 3 heteroatoms. The first kappa shape index (κ1) is 25.4. The SMILES string of the molecule is C=C1/C(=C/C=C2/CCCC3(C)C2CCC3C(C)/C=C/CC(O)(CC)CC)CC(O)CC1F. The van der Waals surface area contributed by atoms with E-state index in [1.807, 2.05) is 6.08 Å². The van der Waals surface area contributed by atoms with Gasteiger partial charge in [-0.15, -0.1) is 0 Å². The van der Waals surface area contributed by atoms with Crippen LogP contribution in [0.1, 0.15) is 91.9 Å². The fourth-order valence-corrected chi connectivity index (χ4v) is 6.75. The molecule has 3 saturated carbocycles. The van der Waals surface area contributed by atoms with Crippen molar-refractivity contribution < 1.29 is 14.6 Å². The molecule has 0 aromatic carbocycles. The lowest BCUT2D eigenvalue weighted by Crippen LogP contribution is -2.35. The molecule has 3 fully saturated rings. The predicted octanol–water partition coefficient (Wildman–Crippen LogP) is 7.24. The third-order valence-electron chi connectivity index (χ3n) is 9.15. The molecular weight excluding hydrogens is 399 g/mol. The zero-order chi connectivity index (χ0) is 23.5. The molecule has 0 aromatic heterocycles. The highest BCUT2D eigenvalue weighted by Crippen LogP contribution is 2.59. The number of fused-ring (bicyclic) bond motifs is 1. The molecule has 6 atom stereocenters. The second kappa shape index (κ2) is 10.4. The van der Waals surface area contributed by atoms with Gasteiger partial charge >= 0.3 is 0 Å². The Hall–Kier alpha value is -1.19. The predicted molar refractivity (Wildman–Crippen MR) is 132 cm³/mol. The van der Waals surface area contributed by atoms with Crippen LogP contribution in [0, 0.1) is 23.2 Å². The number of aliphatic hydroxyl groups is 2. The van der Waals surface area contributed by atoms with Crippen LogP contribution in [0.25, 0.3) is 0 Å². The summed E-state index contributed by atoms with van der Waals surface area (Å²) < 4.78 is 14.1. The zero-order valence-electron chi connectivity index (χ0n) is 20.7. The van der Waals surface area contributed by atoms with Crippen molar-refractivity contribution in [3.8, 4) is 0 Å². The maximum absolute atomic E-state index is 14.1. The van der Waals surface area contributed by atoms with Gasteiger partial charge in [0.1, 0.15) is 6.17 Å². The first-order valence-corrected chi connectivity index (χ1v) is 12.9. The van der Waals surface area contributed by atoms with Crippen LogP contribution in [0.2, 0.25) is 0 Å².